The van der Waals surface area contributed by atoms with Crippen molar-refractivity contribution in [3.05, 3.63) is 35.4 Å². The Morgan fingerprint density at radius 2 is 2.06 bits per heavy atom. The third kappa shape index (κ3) is 2.72. The van der Waals surface area contributed by atoms with E-state index in [1.807, 2.05) is 4.90 Å². The zero-order valence-corrected chi connectivity index (χ0v) is 11.2. The zero-order chi connectivity index (χ0) is 13.1. The van der Waals surface area contributed by atoms with Crippen molar-refractivity contribution in [1.29, 1.82) is 0 Å². The fourth-order valence-electron chi connectivity index (χ4n) is 2.59. The van der Waals surface area contributed by atoms with Crippen LogP contribution in [0.15, 0.2) is 24.3 Å². The van der Waals surface area contributed by atoms with Gasteiger partial charge in [-0.05, 0) is 18.9 Å². The zero-order valence-electron chi connectivity index (χ0n) is 11.2. The molecule has 2 atom stereocenters. The summed E-state index contributed by atoms with van der Waals surface area (Å²) in [6.07, 6.45) is 1.60. The minimum Gasteiger partial charge on any atom is -0.342 e. The van der Waals surface area contributed by atoms with Crippen LogP contribution in [-0.2, 0) is 4.79 Å². The first-order valence-corrected chi connectivity index (χ1v) is 6.71. The summed E-state index contributed by atoms with van der Waals surface area (Å²) in [7, 11) is 0. The van der Waals surface area contributed by atoms with Crippen molar-refractivity contribution in [3.63, 3.8) is 0 Å². The summed E-state index contributed by atoms with van der Waals surface area (Å²) in [5.74, 6) is 0.510. The highest BCUT2D eigenvalue weighted by atomic mass is 16.2. The van der Waals surface area contributed by atoms with Gasteiger partial charge in [-0.3, -0.25) is 4.79 Å². The van der Waals surface area contributed by atoms with E-state index >= 15 is 0 Å². The summed E-state index contributed by atoms with van der Waals surface area (Å²) in [5, 5.41) is 0. The maximum Gasteiger partial charge on any atom is 0.222 e. The topological polar surface area (TPSA) is 46.3 Å². The summed E-state index contributed by atoms with van der Waals surface area (Å²) in [4.78, 5) is 13.8. The normalized spacial score (nSPS) is 21.4. The van der Waals surface area contributed by atoms with Crippen LogP contribution < -0.4 is 5.73 Å². The van der Waals surface area contributed by atoms with Crippen molar-refractivity contribution in [2.24, 2.45) is 11.7 Å². The smallest absolute Gasteiger partial charge is 0.222 e. The quantitative estimate of drug-likeness (QED) is 0.885. The molecule has 1 amide bonds. The van der Waals surface area contributed by atoms with Gasteiger partial charge in [0.25, 0.3) is 0 Å². The molecule has 0 aromatic heterocycles. The molecule has 1 aliphatic rings. The molecule has 0 aliphatic carbocycles. The van der Waals surface area contributed by atoms with E-state index in [1.165, 1.54) is 5.56 Å². The number of nitrogens with zero attached hydrogens (tertiary/aromatic N) is 1. The van der Waals surface area contributed by atoms with E-state index in [4.69, 9.17) is 5.73 Å². The van der Waals surface area contributed by atoms with Crippen molar-refractivity contribution in [3.8, 4) is 0 Å². The highest BCUT2D eigenvalue weighted by Gasteiger charge is 2.33. The Morgan fingerprint density at radius 3 is 2.67 bits per heavy atom. The number of aryl methyl sites for hydroxylation is 1. The van der Waals surface area contributed by atoms with Crippen LogP contribution in [0, 0.1) is 12.8 Å². The lowest BCUT2D eigenvalue weighted by molar-refractivity contribution is -0.127. The van der Waals surface area contributed by atoms with Crippen LogP contribution >= 0.6 is 0 Å². The summed E-state index contributed by atoms with van der Waals surface area (Å²) in [6, 6.07) is 8.28. The van der Waals surface area contributed by atoms with Crippen molar-refractivity contribution in [2.45, 2.75) is 32.7 Å². The SMILES string of the molecule is CCCN1CC(C(N)c2ccc(C)cc2)CC1=O. The molecule has 1 aliphatic heterocycles. The van der Waals surface area contributed by atoms with E-state index in [0.29, 0.717) is 6.42 Å². The van der Waals surface area contributed by atoms with E-state index in [9.17, 15) is 4.79 Å². The minimum absolute atomic E-state index is 0.0311. The number of amides is 1. The third-order valence-electron chi connectivity index (χ3n) is 3.71. The molecule has 2 unspecified atom stereocenters. The Kier molecular flexibility index (Phi) is 4.02. The molecule has 18 heavy (non-hydrogen) atoms. The largest absolute Gasteiger partial charge is 0.342 e. The molecule has 0 bridgehead atoms. The predicted molar refractivity (Wildman–Crippen MR) is 73.1 cm³/mol. The molecule has 1 saturated heterocycles. The second-order valence-corrected chi connectivity index (χ2v) is 5.24. The van der Waals surface area contributed by atoms with E-state index in [0.717, 1.165) is 25.1 Å². The molecule has 2 N–H and O–H groups in total. The number of carbonyl (C=O) groups excluding carboxylic acids is 1. The van der Waals surface area contributed by atoms with Gasteiger partial charge in [0.2, 0.25) is 5.91 Å². The molecule has 98 valence electrons. The fraction of sp³-hybridized carbons (Fsp3) is 0.533. The lowest BCUT2D eigenvalue weighted by Gasteiger charge is -2.20. The maximum absolute atomic E-state index is 11.8. The first kappa shape index (κ1) is 13.1. The maximum atomic E-state index is 11.8. The number of hydrogen-bond donors (Lipinski definition) is 1. The standard InChI is InChI=1S/C15H22N2O/c1-3-8-17-10-13(9-14(17)18)15(16)12-6-4-11(2)5-7-12/h4-7,13,15H,3,8-10,16H2,1-2H3. The van der Waals surface area contributed by atoms with Gasteiger partial charge in [-0.25, -0.2) is 0 Å². The molecule has 0 saturated carbocycles. The van der Waals surface area contributed by atoms with Gasteiger partial charge >= 0.3 is 0 Å². The van der Waals surface area contributed by atoms with E-state index in [-0.39, 0.29) is 17.9 Å². The number of nitrogens with two attached hydrogens (primary N) is 1. The number of likely N-dealkylation sites (tertiary alicyclic amines) is 1. The van der Waals surface area contributed by atoms with Gasteiger partial charge in [-0.15, -0.1) is 0 Å². The predicted octanol–water partition coefficient (Wildman–Crippen LogP) is 2.25. The molecular weight excluding hydrogens is 224 g/mol. The number of carbonyl (C=O) groups is 1. The van der Waals surface area contributed by atoms with Gasteiger partial charge in [0, 0.05) is 31.5 Å². The minimum atomic E-state index is -0.0311. The van der Waals surface area contributed by atoms with E-state index < -0.39 is 0 Å². The van der Waals surface area contributed by atoms with Crippen molar-refractivity contribution < 1.29 is 4.79 Å². The summed E-state index contributed by atoms with van der Waals surface area (Å²) in [6.45, 7) is 5.83. The van der Waals surface area contributed by atoms with Gasteiger partial charge in [-0.2, -0.15) is 0 Å². The molecule has 1 heterocycles. The molecule has 1 aromatic carbocycles. The van der Waals surface area contributed by atoms with Crippen molar-refractivity contribution in [2.75, 3.05) is 13.1 Å². The van der Waals surface area contributed by atoms with E-state index in [1.54, 1.807) is 0 Å². The van der Waals surface area contributed by atoms with E-state index in [2.05, 4.69) is 38.1 Å². The van der Waals surface area contributed by atoms with Gasteiger partial charge in [0.05, 0.1) is 0 Å². The second kappa shape index (κ2) is 5.53. The number of benzene rings is 1. The number of rotatable bonds is 4. The Hall–Kier alpha value is -1.35. The van der Waals surface area contributed by atoms with Gasteiger partial charge in [0.1, 0.15) is 0 Å². The molecule has 1 aromatic rings. The highest BCUT2D eigenvalue weighted by molar-refractivity contribution is 5.78. The molecule has 0 spiro atoms. The lowest BCUT2D eigenvalue weighted by Crippen LogP contribution is -2.28. The number of hydrogen-bond acceptors (Lipinski definition) is 2. The Morgan fingerprint density at radius 1 is 1.39 bits per heavy atom. The highest BCUT2D eigenvalue weighted by Crippen LogP contribution is 2.29. The van der Waals surface area contributed by atoms with Crippen LogP contribution in [-0.4, -0.2) is 23.9 Å². The summed E-state index contributed by atoms with van der Waals surface area (Å²) >= 11 is 0. The molecule has 3 heteroatoms. The van der Waals surface area contributed by atoms with Crippen LogP contribution in [0.3, 0.4) is 0 Å². The average Bonchev–Trinajstić information content (AvgIpc) is 2.72. The van der Waals surface area contributed by atoms with Crippen LogP contribution in [0.5, 0.6) is 0 Å². The summed E-state index contributed by atoms with van der Waals surface area (Å²) in [5.41, 5.74) is 8.67. The van der Waals surface area contributed by atoms with Crippen LogP contribution in [0.25, 0.3) is 0 Å². The van der Waals surface area contributed by atoms with Crippen molar-refractivity contribution in [1.82, 2.24) is 4.90 Å². The lowest BCUT2D eigenvalue weighted by atomic mass is 9.92. The average molecular weight is 246 g/mol. The Balaban J connectivity index is 2.04. The monoisotopic (exact) mass is 246 g/mol. The van der Waals surface area contributed by atoms with Crippen LogP contribution in [0.1, 0.15) is 36.9 Å². The van der Waals surface area contributed by atoms with Crippen LogP contribution in [0.2, 0.25) is 0 Å². The van der Waals surface area contributed by atoms with Crippen LogP contribution in [0.4, 0.5) is 0 Å². The first-order chi connectivity index (χ1) is 8.61. The Bertz CT molecular complexity index is 413. The summed E-state index contributed by atoms with van der Waals surface area (Å²) < 4.78 is 0. The second-order valence-electron chi connectivity index (χ2n) is 5.24. The molecule has 0 radical (unpaired) electrons. The van der Waals surface area contributed by atoms with Gasteiger partial charge in [-0.1, -0.05) is 36.8 Å². The first-order valence-electron chi connectivity index (χ1n) is 6.71. The van der Waals surface area contributed by atoms with Crippen molar-refractivity contribution >= 4 is 5.91 Å². The third-order valence-corrected chi connectivity index (χ3v) is 3.71. The van der Waals surface area contributed by atoms with Gasteiger partial charge in [0.15, 0.2) is 0 Å². The Labute approximate surface area is 109 Å². The molecule has 1 fully saturated rings. The molecule has 3 nitrogen and oxygen atoms in total. The van der Waals surface area contributed by atoms with Gasteiger partial charge < -0.3 is 10.6 Å². The fourth-order valence-corrected chi connectivity index (χ4v) is 2.59. The molecule has 2 rings (SSSR count). The molecular formula is C15H22N2O.